The van der Waals surface area contributed by atoms with Crippen LogP contribution >= 0.6 is 0 Å². The number of aliphatic hydroxyl groups is 1. The molecule has 6 N–H and O–H groups in total. The molecule has 0 fully saturated rings. The topological polar surface area (TPSA) is 130 Å². The van der Waals surface area contributed by atoms with Crippen molar-refractivity contribution in [2.45, 2.75) is 0 Å². The van der Waals surface area contributed by atoms with Gasteiger partial charge in [0.1, 0.15) is 0 Å². The lowest BCUT2D eigenvalue weighted by Crippen LogP contribution is -2.24. The van der Waals surface area contributed by atoms with E-state index in [2.05, 4.69) is 25.9 Å². The lowest BCUT2D eigenvalue weighted by molar-refractivity contribution is 0.254. The van der Waals surface area contributed by atoms with Gasteiger partial charge >= 0.3 is 6.03 Å². The number of nitrogen functional groups attached to an aromatic ring is 1. The zero-order valence-corrected chi connectivity index (χ0v) is 15.8. The number of imidazole rings is 1. The molecule has 0 saturated heterocycles. The van der Waals surface area contributed by atoms with E-state index in [0.717, 1.165) is 22.3 Å². The molecule has 0 unspecified atom stereocenters. The molecule has 0 spiro atoms. The Hall–Kier alpha value is -3.85. The maximum Gasteiger partial charge on any atom is 0.318 e. The normalized spacial score (nSPS) is 11.0. The summed E-state index contributed by atoms with van der Waals surface area (Å²) in [7, 11) is 1.57. The number of nitrogens with two attached hydrogens (primary N) is 1. The van der Waals surface area contributed by atoms with Crippen LogP contribution < -0.4 is 21.7 Å². The summed E-state index contributed by atoms with van der Waals surface area (Å²) in [5, 5.41) is 17.5. The van der Waals surface area contributed by atoms with Gasteiger partial charge < -0.3 is 26.8 Å². The van der Waals surface area contributed by atoms with E-state index < -0.39 is 0 Å². The minimum Gasteiger partial charge on any atom is -0.399 e. The van der Waals surface area contributed by atoms with Crippen LogP contribution in [-0.4, -0.2) is 45.7 Å². The molecule has 29 heavy (non-hydrogen) atoms. The first kappa shape index (κ1) is 18.5. The van der Waals surface area contributed by atoms with E-state index in [-0.39, 0.29) is 12.6 Å². The molecular formula is C20H21N7O2. The monoisotopic (exact) mass is 391 g/mol. The molecule has 148 valence electrons. The fourth-order valence-electron chi connectivity index (χ4n) is 3.17. The molecule has 0 bridgehead atoms. The van der Waals surface area contributed by atoms with Gasteiger partial charge in [-0.05, 0) is 30.3 Å². The van der Waals surface area contributed by atoms with Crippen LogP contribution in [0.5, 0.6) is 0 Å². The number of hydrogen-bond acceptors (Lipinski definition) is 6. The minimum absolute atomic E-state index is 0.0177. The maximum atomic E-state index is 11.5. The quantitative estimate of drug-likeness (QED) is 0.332. The van der Waals surface area contributed by atoms with Gasteiger partial charge in [0.2, 0.25) is 0 Å². The van der Waals surface area contributed by atoms with E-state index in [9.17, 15) is 9.90 Å². The van der Waals surface area contributed by atoms with Gasteiger partial charge in [-0.2, -0.15) is 0 Å². The first-order chi connectivity index (χ1) is 14.1. The van der Waals surface area contributed by atoms with Gasteiger partial charge in [-0.25, -0.2) is 14.8 Å². The van der Waals surface area contributed by atoms with Gasteiger partial charge in [0.25, 0.3) is 0 Å². The van der Waals surface area contributed by atoms with E-state index in [1.807, 2.05) is 40.8 Å². The van der Waals surface area contributed by atoms with Crippen molar-refractivity contribution >= 4 is 39.9 Å². The van der Waals surface area contributed by atoms with Crippen LogP contribution in [0, 0.1) is 0 Å². The zero-order chi connectivity index (χ0) is 20.4. The number of nitrogens with zero attached hydrogens (tertiary/aromatic N) is 3. The predicted molar refractivity (Wildman–Crippen MR) is 114 cm³/mol. The third-order valence-corrected chi connectivity index (χ3v) is 4.52. The number of nitrogens with one attached hydrogen (secondary N) is 3. The first-order valence-electron chi connectivity index (χ1n) is 9.11. The molecule has 0 aliphatic heterocycles. The summed E-state index contributed by atoms with van der Waals surface area (Å²) in [5.41, 5.74) is 11.3. The molecule has 4 rings (SSSR count). The highest BCUT2D eigenvalue weighted by molar-refractivity contribution is 5.90. The number of anilines is 3. The highest BCUT2D eigenvalue weighted by Gasteiger charge is 2.15. The van der Waals surface area contributed by atoms with E-state index >= 15 is 0 Å². The Morgan fingerprint density at radius 1 is 1.21 bits per heavy atom. The highest BCUT2D eigenvalue weighted by atomic mass is 16.3. The van der Waals surface area contributed by atoms with Crippen molar-refractivity contribution in [3.63, 3.8) is 0 Å². The van der Waals surface area contributed by atoms with E-state index in [1.165, 1.54) is 0 Å². The van der Waals surface area contributed by atoms with Gasteiger partial charge in [0.05, 0.1) is 29.5 Å². The van der Waals surface area contributed by atoms with Crippen molar-refractivity contribution in [3.8, 4) is 11.3 Å². The third kappa shape index (κ3) is 3.50. The molecule has 4 aromatic rings. The van der Waals surface area contributed by atoms with Crippen LogP contribution in [0.2, 0.25) is 0 Å². The maximum absolute atomic E-state index is 11.5. The molecule has 2 heterocycles. The number of carbonyl (C=O) groups excluding carboxylic acids is 1. The summed E-state index contributed by atoms with van der Waals surface area (Å²) in [5.74, 6) is 0.571. The second kappa shape index (κ2) is 7.64. The largest absolute Gasteiger partial charge is 0.399 e. The molecule has 0 saturated carbocycles. The lowest BCUT2D eigenvalue weighted by atomic mass is 10.1. The number of carbonyl (C=O) groups is 1. The fraction of sp³-hybridized carbons (Fsp3) is 0.150. The summed E-state index contributed by atoms with van der Waals surface area (Å²) in [6, 6.07) is 12.8. The number of aromatic nitrogens is 3. The summed E-state index contributed by atoms with van der Waals surface area (Å²) in [6.07, 6.45) is 1.78. The molecule has 0 atom stereocenters. The molecule has 0 radical (unpaired) electrons. The highest BCUT2D eigenvalue weighted by Crippen LogP contribution is 2.29. The SMILES string of the molecule is CNC(=O)Nc1ccc(-c2cnc3c(NCCO)nc4cc(N)ccc4n23)cc1. The van der Waals surface area contributed by atoms with Gasteiger partial charge in [0.15, 0.2) is 11.5 Å². The van der Waals surface area contributed by atoms with E-state index in [0.29, 0.717) is 29.4 Å². The average molecular weight is 391 g/mol. The molecule has 9 heteroatoms. The zero-order valence-electron chi connectivity index (χ0n) is 15.8. The van der Waals surface area contributed by atoms with Crippen molar-refractivity contribution in [2.75, 3.05) is 36.6 Å². The Kier molecular flexibility index (Phi) is 4.88. The van der Waals surface area contributed by atoms with E-state index in [1.54, 1.807) is 19.3 Å². The predicted octanol–water partition coefficient (Wildman–Crippen LogP) is 2.29. The van der Waals surface area contributed by atoms with Crippen molar-refractivity contribution in [1.82, 2.24) is 19.7 Å². The summed E-state index contributed by atoms with van der Waals surface area (Å²) >= 11 is 0. The lowest BCUT2D eigenvalue weighted by Gasteiger charge is -2.12. The van der Waals surface area contributed by atoms with Crippen LogP contribution in [0.15, 0.2) is 48.7 Å². The van der Waals surface area contributed by atoms with Crippen LogP contribution in [-0.2, 0) is 0 Å². The van der Waals surface area contributed by atoms with Crippen molar-refractivity contribution in [3.05, 3.63) is 48.7 Å². The van der Waals surface area contributed by atoms with Crippen molar-refractivity contribution in [1.29, 1.82) is 0 Å². The number of rotatable bonds is 5. The van der Waals surface area contributed by atoms with Crippen LogP contribution in [0.25, 0.3) is 27.9 Å². The Balaban J connectivity index is 1.86. The van der Waals surface area contributed by atoms with E-state index in [4.69, 9.17) is 5.73 Å². The van der Waals surface area contributed by atoms with Crippen molar-refractivity contribution < 1.29 is 9.90 Å². The second-order valence-electron chi connectivity index (χ2n) is 6.44. The standard InChI is InChI=1S/C20H21N7O2/c1-22-20(29)25-14-5-2-12(3-6-14)17-11-24-19-18(23-8-9-28)26-15-10-13(21)4-7-16(15)27(17)19/h2-7,10-11,28H,8-9,21H2,1H3,(H,23,26)(H2,22,25,29). The summed E-state index contributed by atoms with van der Waals surface area (Å²) in [4.78, 5) is 20.7. The number of hydrogen-bond donors (Lipinski definition) is 5. The Morgan fingerprint density at radius 3 is 2.72 bits per heavy atom. The summed E-state index contributed by atoms with van der Waals surface area (Å²) in [6.45, 7) is 0.342. The molecular weight excluding hydrogens is 370 g/mol. The third-order valence-electron chi connectivity index (χ3n) is 4.52. The molecule has 2 aromatic heterocycles. The smallest absolute Gasteiger partial charge is 0.318 e. The van der Waals surface area contributed by atoms with Gasteiger partial charge in [-0.3, -0.25) is 4.40 Å². The molecule has 0 aliphatic carbocycles. The van der Waals surface area contributed by atoms with Crippen LogP contribution in [0.4, 0.5) is 22.0 Å². The Morgan fingerprint density at radius 2 is 2.00 bits per heavy atom. The molecule has 2 aromatic carbocycles. The van der Waals surface area contributed by atoms with Crippen LogP contribution in [0.3, 0.4) is 0 Å². The Bertz CT molecular complexity index is 1190. The van der Waals surface area contributed by atoms with Crippen LogP contribution in [0.1, 0.15) is 0 Å². The molecule has 0 aliphatic rings. The number of fused-ring (bicyclic) bond motifs is 3. The average Bonchev–Trinajstić information content (AvgIpc) is 3.17. The number of aliphatic hydroxyl groups excluding tert-OH is 1. The van der Waals surface area contributed by atoms with Gasteiger partial charge in [-0.1, -0.05) is 12.1 Å². The Labute approximate surface area is 166 Å². The van der Waals surface area contributed by atoms with Gasteiger partial charge in [-0.15, -0.1) is 0 Å². The minimum atomic E-state index is -0.276. The fourth-order valence-corrected chi connectivity index (χ4v) is 3.17. The number of urea groups is 1. The van der Waals surface area contributed by atoms with Gasteiger partial charge in [0, 0.05) is 30.5 Å². The summed E-state index contributed by atoms with van der Waals surface area (Å²) < 4.78 is 2.00. The molecule has 2 amide bonds. The number of amides is 2. The first-order valence-corrected chi connectivity index (χ1v) is 9.11. The van der Waals surface area contributed by atoms with Crippen molar-refractivity contribution in [2.24, 2.45) is 0 Å². The molecule has 9 nitrogen and oxygen atoms in total. The number of benzene rings is 2. The second-order valence-corrected chi connectivity index (χ2v) is 6.44.